The van der Waals surface area contributed by atoms with Crippen molar-refractivity contribution < 1.29 is 14.3 Å². The van der Waals surface area contributed by atoms with E-state index in [1.807, 2.05) is 6.07 Å². The summed E-state index contributed by atoms with van der Waals surface area (Å²) in [5.41, 5.74) is 1.31. The van der Waals surface area contributed by atoms with Crippen molar-refractivity contribution in [2.75, 3.05) is 19.5 Å². The minimum atomic E-state index is -0.300. The van der Waals surface area contributed by atoms with Crippen LogP contribution in [0.25, 0.3) is 0 Å². The molecule has 27 heavy (non-hydrogen) atoms. The van der Waals surface area contributed by atoms with Crippen molar-refractivity contribution in [2.24, 2.45) is 0 Å². The number of hydrogen-bond acceptors (Lipinski definition) is 4. The smallest absolute Gasteiger partial charge is 0.257 e. The quantitative estimate of drug-likeness (QED) is 0.655. The van der Waals surface area contributed by atoms with Gasteiger partial charge >= 0.3 is 0 Å². The van der Waals surface area contributed by atoms with Crippen LogP contribution in [-0.2, 0) is 6.54 Å². The number of carbonyl (C=O) groups is 1. The molecule has 0 saturated carbocycles. The molecule has 0 atom stereocenters. The zero-order chi connectivity index (χ0) is 19.4. The van der Waals surface area contributed by atoms with E-state index in [-0.39, 0.29) is 5.91 Å². The van der Waals surface area contributed by atoms with Crippen LogP contribution >= 0.6 is 23.2 Å². The maximum Gasteiger partial charge on any atom is 0.257 e. The highest BCUT2D eigenvalue weighted by atomic mass is 35.5. The van der Waals surface area contributed by atoms with Gasteiger partial charge in [-0.25, -0.2) is 0 Å². The molecule has 0 aliphatic rings. The van der Waals surface area contributed by atoms with E-state index in [0.717, 1.165) is 5.56 Å². The Morgan fingerprint density at radius 1 is 1.07 bits per heavy atom. The SMILES string of the molecule is COc1ccc(C(=O)Nc2ccn(Cc3ccc(Cl)cc3Cl)n2)cc1OC. The summed E-state index contributed by atoms with van der Waals surface area (Å²) in [6, 6.07) is 11.9. The Morgan fingerprint density at radius 3 is 2.56 bits per heavy atom. The molecule has 8 heteroatoms. The van der Waals surface area contributed by atoms with Gasteiger partial charge in [0, 0.05) is 27.9 Å². The molecule has 1 heterocycles. The van der Waals surface area contributed by atoms with Crippen LogP contribution in [0.4, 0.5) is 5.82 Å². The molecule has 3 rings (SSSR count). The maximum absolute atomic E-state index is 12.4. The second kappa shape index (κ2) is 8.33. The molecule has 140 valence electrons. The van der Waals surface area contributed by atoms with Crippen LogP contribution in [-0.4, -0.2) is 29.9 Å². The first kappa shape index (κ1) is 19.1. The zero-order valence-electron chi connectivity index (χ0n) is 14.7. The molecule has 0 aliphatic carbocycles. The van der Waals surface area contributed by atoms with Crippen molar-refractivity contribution in [3.63, 3.8) is 0 Å². The number of halogens is 2. The highest BCUT2D eigenvalue weighted by Crippen LogP contribution is 2.28. The van der Waals surface area contributed by atoms with E-state index in [9.17, 15) is 4.79 Å². The van der Waals surface area contributed by atoms with Crippen molar-refractivity contribution in [1.82, 2.24) is 9.78 Å². The first-order chi connectivity index (χ1) is 13.0. The van der Waals surface area contributed by atoms with Gasteiger partial charge in [-0.1, -0.05) is 29.3 Å². The molecular weight excluding hydrogens is 389 g/mol. The molecule has 1 N–H and O–H groups in total. The molecule has 2 aromatic carbocycles. The number of rotatable bonds is 6. The number of carbonyl (C=O) groups excluding carboxylic acids is 1. The molecule has 1 amide bonds. The van der Waals surface area contributed by atoms with Gasteiger partial charge in [0.2, 0.25) is 0 Å². The van der Waals surface area contributed by atoms with Crippen LogP contribution in [0, 0.1) is 0 Å². The Hall–Kier alpha value is -2.70. The highest BCUT2D eigenvalue weighted by molar-refractivity contribution is 6.35. The Labute approximate surface area is 166 Å². The summed E-state index contributed by atoms with van der Waals surface area (Å²) in [4.78, 5) is 12.4. The van der Waals surface area contributed by atoms with E-state index in [1.165, 1.54) is 14.2 Å². The summed E-state index contributed by atoms with van der Waals surface area (Å²) in [5, 5.41) is 8.24. The molecule has 6 nitrogen and oxygen atoms in total. The average Bonchev–Trinajstić information content (AvgIpc) is 3.10. The molecular formula is C19H17Cl2N3O3. The standard InChI is InChI=1S/C19H17Cl2N3O3/c1-26-16-6-4-12(9-17(16)27-2)19(25)22-18-7-8-24(23-18)11-13-3-5-14(20)10-15(13)21/h3-10H,11H2,1-2H3,(H,22,23,25). The van der Waals surface area contributed by atoms with Gasteiger partial charge in [-0.15, -0.1) is 0 Å². The predicted molar refractivity (Wildman–Crippen MR) is 105 cm³/mol. The number of benzene rings is 2. The fraction of sp³-hybridized carbons (Fsp3) is 0.158. The van der Waals surface area contributed by atoms with Crippen LogP contribution in [0.1, 0.15) is 15.9 Å². The molecule has 0 saturated heterocycles. The lowest BCUT2D eigenvalue weighted by atomic mass is 10.2. The minimum absolute atomic E-state index is 0.300. The van der Waals surface area contributed by atoms with Gasteiger partial charge in [-0.2, -0.15) is 5.10 Å². The first-order valence-corrected chi connectivity index (χ1v) is 8.76. The molecule has 0 bridgehead atoms. The second-order valence-corrected chi connectivity index (χ2v) is 6.50. The number of nitrogens with zero attached hydrogens (tertiary/aromatic N) is 2. The molecule has 0 fully saturated rings. The van der Waals surface area contributed by atoms with Gasteiger partial charge in [-0.05, 0) is 35.9 Å². The number of nitrogens with one attached hydrogen (secondary N) is 1. The summed E-state index contributed by atoms with van der Waals surface area (Å²) in [5.74, 6) is 1.16. The van der Waals surface area contributed by atoms with Crippen LogP contribution < -0.4 is 14.8 Å². The van der Waals surface area contributed by atoms with Crippen LogP contribution in [0.5, 0.6) is 11.5 Å². The van der Waals surface area contributed by atoms with Gasteiger partial charge in [-0.3, -0.25) is 9.48 Å². The zero-order valence-corrected chi connectivity index (χ0v) is 16.2. The summed E-state index contributed by atoms with van der Waals surface area (Å²) in [6.07, 6.45) is 1.76. The van der Waals surface area contributed by atoms with Crippen LogP contribution in [0.15, 0.2) is 48.7 Å². The van der Waals surface area contributed by atoms with Gasteiger partial charge < -0.3 is 14.8 Å². The van der Waals surface area contributed by atoms with Gasteiger partial charge in [0.05, 0.1) is 20.8 Å². The van der Waals surface area contributed by atoms with Crippen molar-refractivity contribution in [1.29, 1.82) is 0 Å². The fourth-order valence-corrected chi connectivity index (χ4v) is 2.98. The van der Waals surface area contributed by atoms with E-state index in [4.69, 9.17) is 32.7 Å². The van der Waals surface area contributed by atoms with E-state index in [0.29, 0.717) is 39.5 Å². The third-order valence-corrected chi connectivity index (χ3v) is 4.46. The van der Waals surface area contributed by atoms with E-state index in [2.05, 4.69) is 10.4 Å². The second-order valence-electron chi connectivity index (χ2n) is 5.66. The van der Waals surface area contributed by atoms with Gasteiger partial charge in [0.1, 0.15) is 0 Å². The Balaban J connectivity index is 1.71. The lowest BCUT2D eigenvalue weighted by Crippen LogP contribution is -2.13. The van der Waals surface area contributed by atoms with E-state index < -0.39 is 0 Å². The van der Waals surface area contributed by atoms with Gasteiger partial charge in [0.15, 0.2) is 17.3 Å². The lowest BCUT2D eigenvalue weighted by Gasteiger charge is -2.09. The topological polar surface area (TPSA) is 65.4 Å². The molecule has 0 spiro atoms. The minimum Gasteiger partial charge on any atom is -0.493 e. The van der Waals surface area contributed by atoms with E-state index in [1.54, 1.807) is 47.3 Å². The summed E-state index contributed by atoms with van der Waals surface area (Å²) >= 11 is 12.1. The van der Waals surface area contributed by atoms with E-state index >= 15 is 0 Å². The van der Waals surface area contributed by atoms with Crippen LogP contribution in [0.3, 0.4) is 0 Å². The van der Waals surface area contributed by atoms with Crippen molar-refractivity contribution in [2.45, 2.75) is 6.54 Å². The molecule has 0 aliphatic heterocycles. The average molecular weight is 406 g/mol. The monoisotopic (exact) mass is 405 g/mol. The third-order valence-electron chi connectivity index (χ3n) is 3.88. The maximum atomic E-state index is 12.4. The first-order valence-electron chi connectivity index (χ1n) is 8.01. The highest BCUT2D eigenvalue weighted by Gasteiger charge is 2.12. The molecule has 0 unspecified atom stereocenters. The molecule has 0 radical (unpaired) electrons. The third kappa shape index (κ3) is 4.53. The summed E-state index contributed by atoms with van der Waals surface area (Å²) < 4.78 is 12.1. The number of ether oxygens (including phenoxy) is 2. The van der Waals surface area contributed by atoms with Crippen molar-refractivity contribution >= 4 is 34.9 Å². The van der Waals surface area contributed by atoms with Crippen LogP contribution in [0.2, 0.25) is 10.0 Å². The number of amides is 1. The Bertz CT molecular complexity index is 973. The van der Waals surface area contributed by atoms with Crippen molar-refractivity contribution in [3.05, 3.63) is 69.8 Å². The predicted octanol–water partition coefficient (Wildman–Crippen LogP) is 4.51. The summed E-state index contributed by atoms with van der Waals surface area (Å²) in [7, 11) is 3.06. The number of aromatic nitrogens is 2. The Kier molecular flexibility index (Phi) is 5.88. The summed E-state index contributed by atoms with van der Waals surface area (Å²) in [6.45, 7) is 0.461. The van der Waals surface area contributed by atoms with Gasteiger partial charge in [0.25, 0.3) is 5.91 Å². The lowest BCUT2D eigenvalue weighted by molar-refractivity contribution is 0.102. The molecule has 3 aromatic rings. The fourth-order valence-electron chi connectivity index (χ4n) is 2.51. The Morgan fingerprint density at radius 2 is 1.85 bits per heavy atom. The number of anilines is 1. The van der Waals surface area contributed by atoms with Crippen molar-refractivity contribution in [3.8, 4) is 11.5 Å². The largest absolute Gasteiger partial charge is 0.493 e. The number of hydrogen-bond donors (Lipinski definition) is 1. The normalized spacial score (nSPS) is 10.5. The molecule has 1 aromatic heterocycles. The number of methoxy groups -OCH3 is 2.